The first-order valence-corrected chi connectivity index (χ1v) is 8.70. The van der Waals surface area contributed by atoms with Gasteiger partial charge in [0.05, 0.1) is 26.2 Å². The quantitative estimate of drug-likeness (QED) is 0.207. The van der Waals surface area contributed by atoms with Crippen LogP contribution in [0, 0.1) is 0 Å². The van der Waals surface area contributed by atoms with E-state index in [1.54, 1.807) is 0 Å². The Labute approximate surface area is 136 Å². The molecule has 0 aromatic heterocycles. The van der Waals surface area contributed by atoms with Crippen molar-refractivity contribution in [1.82, 2.24) is 10.6 Å². The molecule has 19 heavy (non-hydrogen) atoms. The van der Waals surface area contributed by atoms with Crippen molar-refractivity contribution < 1.29 is 27.0 Å². The molecule has 0 atom stereocenters. The molecule has 0 aliphatic rings. The van der Waals surface area contributed by atoms with Crippen LogP contribution in [0.2, 0.25) is 0 Å². The van der Waals surface area contributed by atoms with E-state index in [1.807, 2.05) is 23.5 Å². The lowest BCUT2D eigenvalue weighted by Gasteiger charge is -2.02. The zero-order chi connectivity index (χ0) is 13.6. The van der Waals surface area contributed by atoms with Gasteiger partial charge in [0.15, 0.2) is 0 Å². The van der Waals surface area contributed by atoms with Crippen molar-refractivity contribution in [1.29, 1.82) is 0 Å². The van der Waals surface area contributed by atoms with Gasteiger partial charge in [-0.1, -0.05) is 0 Å². The average Bonchev–Trinajstić information content (AvgIpc) is 2.35. The molecule has 114 valence electrons. The van der Waals surface area contributed by atoms with E-state index in [9.17, 15) is 0 Å². The summed E-state index contributed by atoms with van der Waals surface area (Å²) in [5.41, 5.74) is 0. The molecule has 0 aliphatic heterocycles. The second-order valence-corrected chi connectivity index (χ2v) is 5.69. The fraction of sp³-hybridized carbons (Fsp3) is 0.833. The molecule has 0 saturated heterocycles. The van der Waals surface area contributed by atoms with Crippen molar-refractivity contribution >= 4 is 33.9 Å². The van der Waals surface area contributed by atoms with Crippen LogP contribution in [0.5, 0.6) is 0 Å². The highest BCUT2D eigenvalue weighted by Crippen LogP contribution is 2.05. The maximum atomic E-state index is 3.34. The lowest BCUT2D eigenvalue weighted by atomic mass is 10.7. The largest absolute Gasteiger partial charge is 1.00 e. The fourth-order valence-electron chi connectivity index (χ4n) is 1.26. The number of hydrogen-bond donors (Lipinski definition) is 4. The number of halogens is 1. The molecule has 0 saturated carbocycles. The second kappa shape index (κ2) is 16.2. The van der Waals surface area contributed by atoms with Crippen LogP contribution < -0.4 is 37.6 Å². The summed E-state index contributed by atoms with van der Waals surface area (Å²) in [4.78, 5) is 6.69. The molecule has 0 radical (unpaired) electrons. The standard InChI is InChI=1S/C12H26N4S2.BrH/c1-5-13-11(14-6-2)17-9-10-18-12(15-7-3)16-8-4;/h5-10H2,1-4H3,(H,13,14)(H,15,16);1H/p+1. The molecular weight excluding hydrogens is 344 g/mol. The monoisotopic (exact) mass is 371 g/mol. The summed E-state index contributed by atoms with van der Waals surface area (Å²) in [5.74, 6) is 2.20. The summed E-state index contributed by atoms with van der Waals surface area (Å²) in [6.45, 7) is 12.3. The Bertz CT molecular complexity index is 234. The average molecular weight is 372 g/mol. The highest BCUT2D eigenvalue weighted by Gasteiger charge is 2.08. The van der Waals surface area contributed by atoms with E-state index in [0.29, 0.717) is 0 Å². The highest BCUT2D eigenvalue weighted by atomic mass is 79.9. The number of hydrogen-bond acceptors (Lipinski definition) is 2. The van der Waals surface area contributed by atoms with E-state index in [2.05, 4.69) is 48.3 Å². The van der Waals surface area contributed by atoms with Crippen molar-refractivity contribution in [3.05, 3.63) is 0 Å². The molecule has 0 aliphatic carbocycles. The first-order chi connectivity index (χ1) is 8.78. The van der Waals surface area contributed by atoms with Gasteiger partial charge in [-0.3, -0.25) is 20.6 Å². The zero-order valence-corrected chi connectivity index (χ0v) is 15.7. The highest BCUT2D eigenvalue weighted by molar-refractivity contribution is 8.16. The van der Waals surface area contributed by atoms with Crippen molar-refractivity contribution in [2.45, 2.75) is 27.7 Å². The van der Waals surface area contributed by atoms with E-state index < -0.39 is 0 Å². The van der Waals surface area contributed by atoms with Gasteiger partial charge < -0.3 is 17.0 Å². The molecular formula is C12H28BrN4S2+. The van der Waals surface area contributed by atoms with Crippen LogP contribution in [0.1, 0.15) is 27.7 Å². The molecule has 4 nitrogen and oxygen atoms in total. The SMILES string of the molecule is CCNC(=[NH+]CC)SCCSC(NCC)=[NH+]CC.[Br-]. The predicted octanol–water partition coefficient (Wildman–Crippen LogP) is -4.41. The summed E-state index contributed by atoms with van der Waals surface area (Å²) < 4.78 is 0. The van der Waals surface area contributed by atoms with E-state index >= 15 is 0 Å². The van der Waals surface area contributed by atoms with E-state index in [1.165, 1.54) is 10.3 Å². The molecule has 0 unspecified atom stereocenters. The van der Waals surface area contributed by atoms with Crippen LogP contribution in [0.15, 0.2) is 0 Å². The normalized spacial score (nSPS) is 12.0. The van der Waals surface area contributed by atoms with Gasteiger partial charge in [-0.05, 0) is 51.2 Å². The summed E-state index contributed by atoms with van der Waals surface area (Å²) in [5, 5.41) is 9.06. The van der Waals surface area contributed by atoms with Crippen LogP contribution in [-0.2, 0) is 0 Å². The van der Waals surface area contributed by atoms with Crippen LogP contribution in [0.25, 0.3) is 0 Å². The Balaban J connectivity index is 0. The first kappa shape index (κ1) is 21.4. The van der Waals surface area contributed by atoms with Gasteiger partial charge in [-0.25, -0.2) is 0 Å². The van der Waals surface area contributed by atoms with Gasteiger partial charge in [0, 0.05) is 11.5 Å². The maximum Gasteiger partial charge on any atom is 0.304 e. The number of rotatable bonds is 7. The van der Waals surface area contributed by atoms with Gasteiger partial charge in [0.25, 0.3) is 0 Å². The van der Waals surface area contributed by atoms with Gasteiger partial charge in [0.2, 0.25) is 0 Å². The summed E-state index contributed by atoms with van der Waals surface area (Å²) in [7, 11) is 0. The van der Waals surface area contributed by atoms with E-state index in [4.69, 9.17) is 0 Å². The molecule has 0 bridgehead atoms. The third-order valence-corrected chi connectivity index (χ3v) is 4.16. The van der Waals surface area contributed by atoms with Crippen molar-refractivity contribution in [2.75, 3.05) is 37.7 Å². The number of amidine groups is 2. The van der Waals surface area contributed by atoms with Gasteiger partial charge >= 0.3 is 10.3 Å². The zero-order valence-electron chi connectivity index (χ0n) is 12.4. The van der Waals surface area contributed by atoms with E-state index in [-0.39, 0.29) is 17.0 Å². The molecule has 0 rings (SSSR count). The van der Waals surface area contributed by atoms with Gasteiger partial charge in [-0.15, -0.1) is 0 Å². The lowest BCUT2D eigenvalue weighted by Crippen LogP contribution is -3.00. The van der Waals surface area contributed by atoms with Crippen LogP contribution >= 0.6 is 23.5 Å². The first-order valence-electron chi connectivity index (χ1n) is 6.73. The van der Waals surface area contributed by atoms with Gasteiger partial charge in [-0.2, -0.15) is 0 Å². The molecule has 7 heteroatoms. The smallest absolute Gasteiger partial charge is 0.304 e. The molecule has 0 fully saturated rings. The minimum absolute atomic E-state index is 0. The van der Waals surface area contributed by atoms with Crippen molar-refractivity contribution in [3.63, 3.8) is 0 Å². The minimum Gasteiger partial charge on any atom is -1.00 e. The van der Waals surface area contributed by atoms with Crippen LogP contribution in [0.3, 0.4) is 0 Å². The maximum absolute atomic E-state index is 3.34. The van der Waals surface area contributed by atoms with Crippen LogP contribution in [0.4, 0.5) is 0 Å². The van der Waals surface area contributed by atoms with Crippen molar-refractivity contribution in [3.8, 4) is 0 Å². The third kappa shape index (κ3) is 12.9. The minimum atomic E-state index is 0. The topological polar surface area (TPSA) is 52.0 Å². The Kier molecular flexibility index (Phi) is 18.2. The molecule has 0 spiro atoms. The Hall–Kier alpha value is 0.120. The predicted molar refractivity (Wildman–Crippen MR) is 85.3 cm³/mol. The Morgan fingerprint density at radius 3 is 1.42 bits per heavy atom. The fourth-order valence-corrected chi connectivity index (χ4v) is 3.32. The summed E-state index contributed by atoms with van der Waals surface area (Å²) >= 11 is 3.71. The Morgan fingerprint density at radius 1 is 0.789 bits per heavy atom. The molecule has 4 N–H and O–H groups in total. The summed E-state index contributed by atoms with van der Waals surface area (Å²) in [6.07, 6.45) is 0. The molecule has 0 aromatic rings. The van der Waals surface area contributed by atoms with Crippen molar-refractivity contribution in [2.24, 2.45) is 0 Å². The molecule has 0 amide bonds. The number of nitrogens with one attached hydrogen (secondary N) is 4. The van der Waals surface area contributed by atoms with Gasteiger partial charge in [0.1, 0.15) is 0 Å². The number of thioether (sulfide) groups is 2. The Morgan fingerprint density at radius 2 is 1.16 bits per heavy atom. The lowest BCUT2D eigenvalue weighted by molar-refractivity contribution is -0.451. The second-order valence-electron chi connectivity index (χ2n) is 3.48. The van der Waals surface area contributed by atoms with Crippen LogP contribution in [-0.4, -0.2) is 48.0 Å². The molecule has 0 aromatic carbocycles. The summed E-state index contributed by atoms with van der Waals surface area (Å²) in [6, 6.07) is 0. The third-order valence-electron chi connectivity index (χ3n) is 1.93. The molecule has 0 heterocycles. The van der Waals surface area contributed by atoms with E-state index in [0.717, 1.165) is 37.7 Å².